The Labute approximate surface area is 217 Å². The van der Waals surface area contributed by atoms with Gasteiger partial charge in [-0.2, -0.15) is 0 Å². The number of carbonyl (C=O) groups is 2. The minimum absolute atomic E-state index is 0.0266. The number of carbonyl (C=O) groups excluding carboxylic acids is 2. The second-order valence-corrected chi connectivity index (χ2v) is 10.1. The second kappa shape index (κ2) is 12.1. The zero-order valence-electron chi connectivity index (χ0n) is 21.2. The Morgan fingerprint density at radius 1 is 1.11 bits per heavy atom. The molecule has 0 N–H and O–H groups in total. The van der Waals surface area contributed by atoms with Gasteiger partial charge >= 0.3 is 0 Å². The van der Waals surface area contributed by atoms with Crippen molar-refractivity contribution < 1.29 is 19.1 Å². The van der Waals surface area contributed by atoms with Crippen LogP contribution in [0, 0.1) is 0 Å². The zero-order valence-corrected chi connectivity index (χ0v) is 22.0. The lowest BCUT2D eigenvalue weighted by Gasteiger charge is -2.38. The highest BCUT2D eigenvalue weighted by atomic mass is 32.1. The average Bonchev–Trinajstić information content (AvgIpc) is 3.39. The molecule has 2 aromatic carbocycles. The highest BCUT2D eigenvalue weighted by molar-refractivity contribution is 7.10. The Morgan fingerprint density at radius 3 is 2.64 bits per heavy atom. The molecular weight excluding hydrogens is 472 g/mol. The standard InChI is InChI=1S/C29H34N2O4S/c1-4-21(2)31(28(32)17-22-9-6-5-7-10-22)19-29(33)30-15-13-27-25(14-16-36-27)26(30)20-35-24-12-8-11-23(18-24)34-3/h5-12,14,16,18,21,26H,4,13,15,17,19-20H2,1-3H3/t21-,26+/m0/s1. The normalized spacial score (nSPS) is 15.6. The SMILES string of the molecule is CC[C@H](C)N(CC(=O)N1CCc2sccc2[C@H]1COc1cccc(OC)c1)C(=O)Cc1ccccc1. The molecule has 36 heavy (non-hydrogen) atoms. The van der Waals surface area contributed by atoms with Crippen LogP contribution in [0.4, 0.5) is 0 Å². The molecular formula is C29H34N2O4S. The van der Waals surface area contributed by atoms with Crippen LogP contribution < -0.4 is 9.47 Å². The molecule has 190 valence electrons. The molecule has 0 saturated heterocycles. The lowest BCUT2D eigenvalue weighted by atomic mass is 10.00. The third kappa shape index (κ3) is 6.08. The van der Waals surface area contributed by atoms with Gasteiger partial charge in [-0.05, 0) is 54.5 Å². The van der Waals surface area contributed by atoms with Crippen molar-refractivity contribution in [2.75, 3.05) is 26.8 Å². The van der Waals surface area contributed by atoms with Crippen molar-refractivity contribution in [3.8, 4) is 11.5 Å². The molecule has 0 saturated carbocycles. The van der Waals surface area contributed by atoms with Gasteiger partial charge < -0.3 is 19.3 Å². The predicted octanol–water partition coefficient (Wildman–Crippen LogP) is 5.13. The molecule has 0 unspecified atom stereocenters. The number of methoxy groups -OCH3 is 1. The van der Waals surface area contributed by atoms with Crippen molar-refractivity contribution in [1.29, 1.82) is 0 Å². The Bertz CT molecular complexity index is 1160. The van der Waals surface area contributed by atoms with Gasteiger partial charge in [0.05, 0.1) is 19.6 Å². The number of ether oxygens (including phenoxy) is 2. The van der Waals surface area contributed by atoms with E-state index >= 15 is 0 Å². The van der Waals surface area contributed by atoms with E-state index in [9.17, 15) is 9.59 Å². The fraction of sp³-hybridized carbons (Fsp3) is 0.379. The molecule has 0 radical (unpaired) electrons. The molecule has 6 nitrogen and oxygen atoms in total. The summed E-state index contributed by atoms with van der Waals surface area (Å²) in [4.78, 5) is 31.9. The number of thiophene rings is 1. The Kier molecular flexibility index (Phi) is 8.65. The van der Waals surface area contributed by atoms with Crippen molar-refractivity contribution in [1.82, 2.24) is 9.80 Å². The van der Waals surface area contributed by atoms with E-state index in [1.807, 2.05) is 73.3 Å². The summed E-state index contributed by atoms with van der Waals surface area (Å²) in [6.45, 7) is 5.06. The summed E-state index contributed by atoms with van der Waals surface area (Å²) in [6.07, 6.45) is 1.88. The Morgan fingerprint density at radius 2 is 1.89 bits per heavy atom. The van der Waals surface area contributed by atoms with Crippen molar-refractivity contribution in [3.05, 3.63) is 82.0 Å². The predicted molar refractivity (Wildman–Crippen MR) is 143 cm³/mol. The molecule has 3 aromatic rings. The van der Waals surface area contributed by atoms with Crippen LogP contribution in [0.15, 0.2) is 66.0 Å². The van der Waals surface area contributed by atoms with E-state index in [1.54, 1.807) is 23.3 Å². The summed E-state index contributed by atoms with van der Waals surface area (Å²) < 4.78 is 11.5. The summed E-state index contributed by atoms with van der Waals surface area (Å²) in [5.41, 5.74) is 2.09. The van der Waals surface area contributed by atoms with Gasteiger partial charge in [0.1, 0.15) is 24.7 Å². The van der Waals surface area contributed by atoms with E-state index in [0.717, 1.165) is 29.7 Å². The van der Waals surface area contributed by atoms with Gasteiger partial charge in [0, 0.05) is 23.5 Å². The van der Waals surface area contributed by atoms with E-state index in [-0.39, 0.29) is 36.9 Å². The van der Waals surface area contributed by atoms with Crippen LogP contribution in [0.3, 0.4) is 0 Å². The van der Waals surface area contributed by atoms with Gasteiger partial charge in [0.25, 0.3) is 0 Å². The minimum Gasteiger partial charge on any atom is -0.497 e. The summed E-state index contributed by atoms with van der Waals surface area (Å²) in [5.74, 6) is 1.35. The number of hydrogen-bond acceptors (Lipinski definition) is 5. The van der Waals surface area contributed by atoms with Crippen LogP contribution in [0.1, 0.15) is 42.3 Å². The molecule has 1 aromatic heterocycles. The first-order valence-corrected chi connectivity index (χ1v) is 13.3. The number of nitrogens with zero attached hydrogens (tertiary/aromatic N) is 2. The van der Waals surface area contributed by atoms with Crippen LogP contribution in [0.25, 0.3) is 0 Å². The van der Waals surface area contributed by atoms with Crippen molar-refractivity contribution in [2.45, 2.75) is 45.2 Å². The molecule has 7 heteroatoms. The van der Waals surface area contributed by atoms with E-state index in [0.29, 0.717) is 18.9 Å². The second-order valence-electron chi connectivity index (χ2n) is 9.08. The van der Waals surface area contributed by atoms with Gasteiger partial charge in [-0.25, -0.2) is 0 Å². The van der Waals surface area contributed by atoms with Gasteiger partial charge in [-0.1, -0.05) is 43.3 Å². The lowest BCUT2D eigenvalue weighted by Crippen LogP contribution is -2.50. The molecule has 0 fully saturated rings. The van der Waals surface area contributed by atoms with Crippen LogP contribution in [-0.4, -0.2) is 54.5 Å². The molecule has 1 aliphatic heterocycles. The summed E-state index contributed by atoms with van der Waals surface area (Å²) in [6, 6.07) is 19.0. The summed E-state index contributed by atoms with van der Waals surface area (Å²) in [5, 5.41) is 2.08. The van der Waals surface area contributed by atoms with Crippen molar-refractivity contribution in [2.24, 2.45) is 0 Å². The maximum Gasteiger partial charge on any atom is 0.242 e. The topological polar surface area (TPSA) is 59.1 Å². The molecule has 0 spiro atoms. The number of hydrogen-bond donors (Lipinski definition) is 0. The van der Waals surface area contributed by atoms with Crippen LogP contribution >= 0.6 is 11.3 Å². The molecule has 2 amide bonds. The van der Waals surface area contributed by atoms with Crippen molar-refractivity contribution in [3.63, 3.8) is 0 Å². The van der Waals surface area contributed by atoms with Gasteiger partial charge in [0.2, 0.25) is 11.8 Å². The van der Waals surface area contributed by atoms with Gasteiger partial charge in [-0.3, -0.25) is 9.59 Å². The molecule has 4 rings (SSSR count). The fourth-order valence-electron chi connectivity index (χ4n) is 4.56. The smallest absolute Gasteiger partial charge is 0.242 e. The average molecular weight is 507 g/mol. The summed E-state index contributed by atoms with van der Waals surface area (Å²) in [7, 11) is 1.63. The van der Waals surface area contributed by atoms with Crippen LogP contribution in [0.2, 0.25) is 0 Å². The zero-order chi connectivity index (χ0) is 25.5. The maximum atomic E-state index is 13.7. The molecule has 0 aliphatic carbocycles. The first-order chi connectivity index (χ1) is 17.5. The van der Waals surface area contributed by atoms with E-state index in [1.165, 1.54) is 4.88 Å². The molecule has 0 bridgehead atoms. The van der Waals surface area contributed by atoms with Crippen LogP contribution in [-0.2, 0) is 22.4 Å². The number of rotatable bonds is 10. The quantitative estimate of drug-likeness (QED) is 0.383. The maximum absolute atomic E-state index is 13.7. The third-order valence-corrected chi connectivity index (χ3v) is 7.81. The first-order valence-electron chi connectivity index (χ1n) is 12.5. The Hall–Kier alpha value is -3.32. The molecule has 2 heterocycles. The van der Waals surface area contributed by atoms with Crippen molar-refractivity contribution >= 4 is 23.2 Å². The largest absolute Gasteiger partial charge is 0.497 e. The number of fused-ring (bicyclic) bond motifs is 1. The van der Waals surface area contributed by atoms with E-state index < -0.39 is 0 Å². The monoisotopic (exact) mass is 506 g/mol. The molecule has 1 aliphatic rings. The minimum atomic E-state index is -0.207. The third-order valence-electron chi connectivity index (χ3n) is 6.81. The van der Waals surface area contributed by atoms with E-state index in [2.05, 4.69) is 11.4 Å². The molecule has 2 atom stereocenters. The fourth-order valence-corrected chi connectivity index (χ4v) is 5.49. The number of amides is 2. The summed E-state index contributed by atoms with van der Waals surface area (Å²) >= 11 is 1.72. The Balaban J connectivity index is 1.51. The number of benzene rings is 2. The highest BCUT2D eigenvalue weighted by Gasteiger charge is 2.34. The van der Waals surface area contributed by atoms with Gasteiger partial charge in [-0.15, -0.1) is 11.3 Å². The lowest BCUT2D eigenvalue weighted by molar-refractivity contribution is -0.144. The van der Waals surface area contributed by atoms with Crippen LogP contribution in [0.5, 0.6) is 11.5 Å². The van der Waals surface area contributed by atoms with Gasteiger partial charge in [0.15, 0.2) is 0 Å². The van der Waals surface area contributed by atoms with E-state index in [4.69, 9.17) is 9.47 Å². The highest BCUT2D eigenvalue weighted by Crippen LogP contribution is 2.34. The first kappa shape index (κ1) is 25.8.